The molecular formula is C24H28N4O2S. The average Bonchev–Trinajstić information content (AvgIpc) is 3.18. The van der Waals surface area contributed by atoms with Crippen LogP contribution in [0.1, 0.15) is 49.1 Å². The lowest BCUT2D eigenvalue weighted by molar-refractivity contribution is 0.443. The highest BCUT2D eigenvalue weighted by molar-refractivity contribution is 7.90. The van der Waals surface area contributed by atoms with E-state index in [-0.39, 0.29) is 4.90 Å². The minimum absolute atomic E-state index is 0.219. The summed E-state index contributed by atoms with van der Waals surface area (Å²) in [6.45, 7) is 3.91. The average molecular weight is 437 g/mol. The molecule has 2 N–H and O–H groups in total. The highest BCUT2D eigenvalue weighted by atomic mass is 32.2. The van der Waals surface area contributed by atoms with Gasteiger partial charge in [0, 0.05) is 42.2 Å². The lowest BCUT2D eigenvalue weighted by atomic mass is 9.84. The monoisotopic (exact) mass is 436 g/mol. The fourth-order valence-corrected chi connectivity index (χ4v) is 5.67. The number of nitrogens with zero attached hydrogens (tertiary/aromatic N) is 3. The number of allylic oxidation sites excluding steroid dienone is 2. The van der Waals surface area contributed by atoms with Crippen LogP contribution in [0.5, 0.6) is 0 Å². The van der Waals surface area contributed by atoms with Gasteiger partial charge in [0.1, 0.15) is 0 Å². The number of rotatable bonds is 6. The Morgan fingerprint density at radius 2 is 1.94 bits per heavy atom. The molecule has 4 rings (SSSR count). The van der Waals surface area contributed by atoms with Crippen LogP contribution < -0.4 is 5.84 Å². The van der Waals surface area contributed by atoms with E-state index in [4.69, 9.17) is 5.84 Å². The molecule has 0 radical (unpaired) electrons. The lowest BCUT2D eigenvalue weighted by Gasteiger charge is -2.21. The molecule has 0 unspecified atom stereocenters. The van der Waals surface area contributed by atoms with Gasteiger partial charge >= 0.3 is 0 Å². The van der Waals surface area contributed by atoms with Gasteiger partial charge in [-0.05, 0) is 42.5 Å². The fraction of sp³-hybridized carbons (Fsp3) is 0.292. The van der Waals surface area contributed by atoms with Crippen LogP contribution in [0, 0.1) is 0 Å². The Labute approximate surface area is 183 Å². The summed E-state index contributed by atoms with van der Waals surface area (Å²) in [4.78, 5) is 4.86. The molecule has 0 bridgehead atoms. The normalized spacial score (nSPS) is 15.9. The summed E-state index contributed by atoms with van der Waals surface area (Å²) in [5.41, 5.74) is 3.05. The molecule has 1 saturated carbocycles. The molecule has 0 aliphatic heterocycles. The summed E-state index contributed by atoms with van der Waals surface area (Å²) in [5, 5.41) is 2.22. The standard InChI is InChI=1S/C24H28N4O2S/c1-3-18(16-27(2)25)23-17-28(31(29,30)21-12-8-5-9-13-21)24-22(23)14-20(15-26-24)19-10-6-4-7-11-19/h3,5,8-9,12-17,19H,1,4,6-7,10-11,25H2,2H3/b18-16+. The molecule has 0 amide bonds. The summed E-state index contributed by atoms with van der Waals surface area (Å²) < 4.78 is 28.1. The summed E-state index contributed by atoms with van der Waals surface area (Å²) in [6, 6.07) is 10.5. The third-order valence-corrected chi connectivity index (χ3v) is 7.55. The van der Waals surface area contributed by atoms with Crippen molar-refractivity contribution in [1.82, 2.24) is 14.0 Å². The molecule has 162 valence electrons. The van der Waals surface area contributed by atoms with Gasteiger partial charge in [0.05, 0.1) is 4.90 Å². The van der Waals surface area contributed by atoms with E-state index in [0.29, 0.717) is 11.6 Å². The first-order valence-corrected chi connectivity index (χ1v) is 12.0. The number of aromatic nitrogens is 2. The van der Waals surface area contributed by atoms with E-state index in [1.807, 2.05) is 6.20 Å². The van der Waals surface area contributed by atoms with Crippen molar-refractivity contribution in [3.8, 4) is 0 Å². The van der Waals surface area contributed by atoms with Gasteiger partial charge in [-0.2, -0.15) is 0 Å². The molecule has 0 spiro atoms. The number of nitrogens with two attached hydrogens (primary N) is 1. The minimum Gasteiger partial charge on any atom is -0.321 e. The molecule has 3 aromatic rings. The van der Waals surface area contributed by atoms with Crippen LogP contribution in [0.25, 0.3) is 16.6 Å². The third-order valence-electron chi connectivity index (χ3n) is 5.88. The zero-order valence-corrected chi connectivity index (χ0v) is 18.6. The van der Waals surface area contributed by atoms with Crippen LogP contribution in [0.3, 0.4) is 0 Å². The maximum absolute atomic E-state index is 13.4. The van der Waals surface area contributed by atoms with Crippen molar-refractivity contribution in [2.24, 2.45) is 5.84 Å². The topological polar surface area (TPSA) is 81.2 Å². The Kier molecular flexibility index (Phi) is 5.98. The molecule has 0 saturated heterocycles. The first-order chi connectivity index (χ1) is 14.9. The predicted octanol–water partition coefficient (Wildman–Crippen LogP) is 4.65. The molecule has 2 heterocycles. The summed E-state index contributed by atoms with van der Waals surface area (Å²) >= 11 is 0. The van der Waals surface area contributed by atoms with Crippen molar-refractivity contribution in [2.45, 2.75) is 42.9 Å². The van der Waals surface area contributed by atoms with Crippen molar-refractivity contribution < 1.29 is 8.42 Å². The lowest BCUT2D eigenvalue weighted by Crippen LogP contribution is -2.19. The number of hydrazine groups is 1. The number of fused-ring (bicyclic) bond motifs is 1. The van der Waals surface area contributed by atoms with Crippen molar-refractivity contribution >= 4 is 26.6 Å². The largest absolute Gasteiger partial charge is 0.321 e. The van der Waals surface area contributed by atoms with E-state index in [9.17, 15) is 8.42 Å². The van der Waals surface area contributed by atoms with Crippen molar-refractivity contribution in [3.05, 3.63) is 78.8 Å². The van der Waals surface area contributed by atoms with Crippen LogP contribution in [0.4, 0.5) is 0 Å². The summed E-state index contributed by atoms with van der Waals surface area (Å²) in [6.07, 6.45) is 12.9. The zero-order chi connectivity index (χ0) is 22.0. The van der Waals surface area contributed by atoms with Crippen molar-refractivity contribution in [1.29, 1.82) is 0 Å². The SMILES string of the molecule is C=C/C(=C\N(C)N)c1cn(S(=O)(=O)c2ccccc2)c2ncc(C3CCCCC3)cc12. The third kappa shape index (κ3) is 4.16. The van der Waals surface area contributed by atoms with E-state index in [2.05, 4.69) is 17.6 Å². The molecule has 1 fully saturated rings. The summed E-state index contributed by atoms with van der Waals surface area (Å²) in [5.74, 6) is 6.31. The van der Waals surface area contributed by atoms with Crippen molar-refractivity contribution in [3.63, 3.8) is 0 Å². The molecule has 0 atom stereocenters. The highest BCUT2D eigenvalue weighted by Crippen LogP contribution is 2.36. The van der Waals surface area contributed by atoms with E-state index < -0.39 is 10.0 Å². The second kappa shape index (κ2) is 8.69. The Balaban J connectivity index is 1.94. The fourth-order valence-electron chi connectivity index (χ4n) is 4.33. The van der Waals surface area contributed by atoms with E-state index in [0.717, 1.165) is 34.9 Å². The maximum atomic E-state index is 13.4. The van der Waals surface area contributed by atoms with Crippen LogP contribution >= 0.6 is 0 Å². The molecule has 1 aromatic carbocycles. The molecule has 2 aromatic heterocycles. The summed E-state index contributed by atoms with van der Waals surface area (Å²) in [7, 11) is -2.09. The first-order valence-electron chi connectivity index (χ1n) is 10.6. The second-order valence-corrected chi connectivity index (χ2v) is 9.90. The molecule has 1 aliphatic carbocycles. The van der Waals surface area contributed by atoms with Gasteiger partial charge in [-0.15, -0.1) is 0 Å². The van der Waals surface area contributed by atoms with Gasteiger partial charge in [0.25, 0.3) is 10.0 Å². The van der Waals surface area contributed by atoms with Crippen molar-refractivity contribution in [2.75, 3.05) is 7.05 Å². The molecular weight excluding hydrogens is 408 g/mol. The quantitative estimate of drug-likeness (QED) is 0.345. The van der Waals surface area contributed by atoms with Crippen LogP contribution in [-0.2, 0) is 10.0 Å². The van der Waals surface area contributed by atoms with Gasteiger partial charge in [0.2, 0.25) is 0 Å². The number of pyridine rings is 1. The maximum Gasteiger partial charge on any atom is 0.269 e. The van der Waals surface area contributed by atoms with Gasteiger partial charge < -0.3 is 5.01 Å². The first kappa shape index (κ1) is 21.3. The van der Waals surface area contributed by atoms with Crippen LogP contribution in [-0.4, -0.2) is 29.4 Å². The Hall–Kier alpha value is -2.90. The molecule has 1 aliphatic rings. The number of hydrogen-bond acceptors (Lipinski definition) is 5. The molecule has 7 heteroatoms. The predicted molar refractivity (Wildman–Crippen MR) is 125 cm³/mol. The minimum atomic E-state index is -3.80. The van der Waals surface area contributed by atoms with Gasteiger partial charge in [-0.25, -0.2) is 23.2 Å². The second-order valence-electron chi connectivity index (χ2n) is 8.09. The molecule has 31 heavy (non-hydrogen) atoms. The van der Waals surface area contributed by atoms with Gasteiger partial charge in [-0.1, -0.05) is 50.1 Å². The van der Waals surface area contributed by atoms with Gasteiger partial charge in [0.15, 0.2) is 5.65 Å². The smallest absolute Gasteiger partial charge is 0.269 e. The highest BCUT2D eigenvalue weighted by Gasteiger charge is 2.24. The Morgan fingerprint density at radius 3 is 2.58 bits per heavy atom. The Bertz CT molecular complexity index is 1220. The van der Waals surface area contributed by atoms with Crippen LogP contribution in [0.15, 0.2) is 72.5 Å². The van der Waals surface area contributed by atoms with Crippen LogP contribution in [0.2, 0.25) is 0 Å². The number of hydrogen-bond donors (Lipinski definition) is 1. The van der Waals surface area contributed by atoms with E-state index in [1.165, 1.54) is 28.2 Å². The molecule has 6 nitrogen and oxygen atoms in total. The van der Waals surface area contributed by atoms with Gasteiger partial charge in [-0.3, -0.25) is 0 Å². The Morgan fingerprint density at radius 1 is 1.23 bits per heavy atom. The number of benzene rings is 1. The zero-order valence-electron chi connectivity index (χ0n) is 17.7. The van der Waals surface area contributed by atoms with E-state index in [1.54, 1.807) is 55.9 Å². The van der Waals surface area contributed by atoms with E-state index >= 15 is 0 Å².